The molecule has 0 saturated carbocycles. The van der Waals surface area contributed by atoms with Crippen LogP contribution < -0.4 is 4.74 Å². The molecule has 1 aromatic rings. The molecule has 0 radical (unpaired) electrons. The summed E-state index contributed by atoms with van der Waals surface area (Å²) in [5.74, 6) is 0.271. The van der Waals surface area contributed by atoms with Crippen molar-refractivity contribution in [3.8, 4) is 5.75 Å². The summed E-state index contributed by atoms with van der Waals surface area (Å²) >= 11 is 0. The Kier molecular flexibility index (Phi) is 11.2. The fourth-order valence-corrected chi connectivity index (χ4v) is 2.81. The van der Waals surface area contributed by atoms with Crippen molar-refractivity contribution >= 4 is 11.9 Å². The van der Waals surface area contributed by atoms with Crippen molar-refractivity contribution < 1.29 is 19.1 Å². The zero-order valence-electron chi connectivity index (χ0n) is 17.2. The summed E-state index contributed by atoms with van der Waals surface area (Å²) in [6.07, 6.45) is 1.97. The smallest absolute Gasteiger partial charge is 0.307 e. The Morgan fingerprint density at radius 3 is 2.41 bits per heavy atom. The first-order valence-electron chi connectivity index (χ1n) is 9.82. The third-order valence-corrected chi connectivity index (χ3v) is 4.63. The molecule has 0 unspecified atom stereocenters. The number of methoxy groups -OCH3 is 1. The van der Waals surface area contributed by atoms with Crippen LogP contribution in [0.4, 0.5) is 0 Å². The van der Waals surface area contributed by atoms with Gasteiger partial charge in [0, 0.05) is 13.1 Å². The highest BCUT2D eigenvalue weighted by molar-refractivity contribution is 5.78. The fourth-order valence-electron chi connectivity index (χ4n) is 2.81. The normalized spacial score (nSPS) is 10.7. The predicted molar refractivity (Wildman–Crippen MR) is 107 cm³/mol. The number of aryl methyl sites for hydroxylation is 1. The molecule has 0 fully saturated rings. The van der Waals surface area contributed by atoms with Crippen LogP contribution in [-0.2, 0) is 20.7 Å². The Balaban J connectivity index is 2.59. The monoisotopic (exact) mass is 378 g/mol. The molecule has 0 spiro atoms. The Hall–Kier alpha value is -2.08. The molecular formula is C21H34N2O4. The predicted octanol–water partition coefficient (Wildman–Crippen LogP) is 2.75. The van der Waals surface area contributed by atoms with Gasteiger partial charge in [-0.15, -0.1) is 0 Å². The van der Waals surface area contributed by atoms with Crippen LogP contribution in [0.5, 0.6) is 5.75 Å². The van der Waals surface area contributed by atoms with Crippen LogP contribution >= 0.6 is 0 Å². The molecular weight excluding hydrogens is 344 g/mol. The lowest BCUT2D eigenvalue weighted by atomic mass is 10.2. The van der Waals surface area contributed by atoms with Gasteiger partial charge in [0.05, 0.1) is 13.5 Å². The van der Waals surface area contributed by atoms with E-state index in [4.69, 9.17) is 9.47 Å². The molecule has 0 saturated heterocycles. The molecule has 0 aliphatic heterocycles. The Morgan fingerprint density at radius 2 is 1.78 bits per heavy atom. The zero-order valence-corrected chi connectivity index (χ0v) is 17.2. The number of ether oxygens (including phenoxy) is 2. The summed E-state index contributed by atoms with van der Waals surface area (Å²) in [5.41, 5.74) is 1.17. The summed E-state index contributed by atoms with van der Waals surface area (Å²) in [6.45, 7) is 10.2. The zero-order chi connectivity index (χ0) is 20.1. The minimum atomic E-state index is -0.312. The molecule has 0 bridgehead atoms. The summed E-state index contributed by atoms with van der Waals surface area (Å²) in [4.78, 5) is 28.1. The largest absolute Gasteiger partial charge is 0.484 e. The van der Waals surface area contributed by atoms with E-state index < -0.39 is 0 Å². The Labute approximate surface area is 163 Å². The van der Waals surface area contributed by atoms with E-state index in [2.05, 4.69) is 25.7 Å². The van der Waals surface area contributed by atoms with Crippen molar-refractivity contribution in [3.05, 3.63) is 29.8 Å². The molecule has 152 valence electrons. The number of rotatable bonds is 13. The number of carbonyl (C=O) groups excluding carboxylic acids is 2. The van der Waals surface area contributed by atoms with Gasteiger partial charge in [0.25, 0.3) is 5.91 Å². The number of carbonyl (C=O) groups is 2. The number of benzene rings is 1. The highest BCUT2D eigenvalue weighted by atomic mass is 16.5. The van der Waals surface area contributed by atoms with Gasteiger partial charge >= 0.3 is 5.97 Å². The summed E-state index contributed by atoms with van der Waals surface area (Å²) in [6, 6.07) is 7.76. The number of hydrogen-bond acceptors (Lipinski definition) is 5. The summed E-state index contributed by atoms with van der Waals surface area (Å²) in [7, 11) is 1.36. The van der Waals surface area contributed by atoms with E-state index in [0.717, 1.165) is 32.5 Å². The van der Waals surface area contributed by atoms with E-state index in [1.807, 2.05) is 24.3 Å². The van der Waals surface area contributed by atoms with Crippen molar-refractivity contribution in [3.63, 3.8) is 0 Å². The molecule has 1 amide bonds. The molecule has 1 aromatic carbocycles. The van der Waals surface area contributed by atoms with Gasteiger partial charge < -0.3 is 19.3 Å². The van der Waals surface area contributed by atoms with Crippen molar-refractivity contribution in [2.75, 3.05) is 46.4 Å². The van der Waals surface area contributed by atoms with E-state index in [-0.39, 0.29) is 24.9 Å². The molecule has 27 heavy (non-hydrogen) atoms. The molecule has 0 aliphatic rings. The number of esters is 1. The molecule has 6 heteroatoms. The van der Waals surface area contributed by atoms with E-state index in [1.165, 1.54) is 12.7 Å². The first kappa shape index (κ1) is 23.0. The van der Waals surface area contributed by atoms with Crippen LogP contribution in [0.25, 0.3) is 0 Å². The van der Waals surface area contributed by atoms with E-state index in [9.17, 15) is 9.59 Å². The number of hydrogen-bond donors (Lipinski definition) is 0. The van der Waals surface area contributed by atoms with Crippen molar-refractivity contribution in [1.82, 2.24) is 9.80 Å². The Morgan fingerprint density at radius 1 is 1.04 bits per heavy atom. The summed E-state index contributed by atoms with van der Waals surface area (Å²) in [5, 5.41) is 0. The maximum absolute atomic E-state index is 12.6. The maximum atomic E-state index is 12.6. The minimum Gasteiger partial charge on any atom is -0.484 e. The fraction of sp³-hybridized carbons (Fsp3) is 0.619. The first-order chi connectivity index (χ1) is 13.0. The van der Waals surface area contributed by atoms with Crippen molar-refractivity contribution in [2.45, 2.75) is 40.0 Å². The van der Waals surface area contributed by atoms with Crippen LogP contribution in [0.1, 0.15) is 39.2 Å². The van der Waals surface area contributed by atoms with Crippen LogP contribution in [0.15, 0.2) is 24.3 Å². The van der Waals surface area contributed by atoms with Gasteiger partial charge in [-0.2, -0.15) is 0 Å². The molecule has 0 N–H and O–H groups in total. The average Bonchev–Trinajstić information content (AvgIpc) is 2.71. The van der Waals surface area contributed by atoms with E-state index in [0.29, 0.717) is 18.8 Å². The van der Waals surface area contributed by atoms with Crippen LogP contribution in [0, 0.1) is 0 Å². The molecule has 0 aromatic heterocycles. The van der Waals surface area contributed by atoms with Gasteiger partial charge in [-0.1, -0.05) is 32.9 Å². The highest BCUT2D eigenvalue weighted by Gasteiger charge is 2.16. The quantitative estimate of drug-likeness (QED) is 0.494. The highest BCUT2D eigenvalue weighted by Crippen LogP contribution is 2.14. The van der Waals surface area contributed by atoms with Gasteiger partial charge in [0.2, 0.25) is 0 Å². The topological polar surface area (TPSA) is 59.1 Å². The van der Waals surface area contributed by atoms with Gasteiger partial charge in [-0.25, -0.2) is 0 Å². The molecule has 1 rings (SSSR count). The minimum absolute atomic E-state index is 0.0282. The second kappa shape index (κ2) is 13.1. The second-order valence-corrected chi connectivity index (χ2v) is 6.38. The van der Waals surface area contributed by atoms with E-state index in [1.54, 1.807) is 4.90 Å². The van der Waals surface area contributed by atoms with E-state index >= 15 is 0 Å². The van der Waals surface area contributed by atoms with Gasteiger partial charge in [-0.3, -0.25) is 9.59 Å². The third kappa shape index (κ3) is 8.91. The third-order valence-electron chi connectivity index (χ3n) is 4.63. The molecule has 0 heterocycles. The standard InChI is InChI=1S/C21H34N2O4/c1-5-18-10-8-11-19(16-18)27-17-20(24)23(15-12-21(25)26-4)14-9-13-22(6-2)7-3/h8,10-11,16H,5-7,9,12-15,17H2,1-4H3. The summed E-state index contributed by atoms with van der Waals surface area (Å²) < 4.78 is 10.4. The first-order valence-corrected chi connectivity index (χ1v) is 9.82. The van der Waals surface area contributed by atoms with Gasteiger partial charge in [-0.05, 0) is 50.2 Å². The second-order valence-electron chi connectivity index (χ2n) is 6.38. The van der Waals surface area contributed by atoms with Gasteiger partial charge in [0.15, 0.2) is 6.61 Å². The lowest BCUT2D eigenvalue weighted by Gasteiger charge is -2.24. The van der Waals surface area contributed by atoms with Gasteiger partial charge in [0.1, 0.15) is 5.75 Å². The Bertz CT molecular complexity index is 573. The average molecular weight is 379 g/mol. The van der Waals surface area contributed by atoms with Crippen molar-refractivity contribution in [2.24, 2.45) is 0 Å². The SMILES string of the molecule is CCc1cccc(OCC(=O)N(CCCN(CC)CC)CCC(=O)OC)c1. The number of nitrogens with zero attached hydrogens (tertiary/aromatic N) is 2. The molecule has 0 aliphatic carbocycles. The lowest BCUT2D eigenvalue weighted by Crippen LogP contribution is -2.38. The van der Waals surface area contributed by atoms with Crippen LogP contribution in [-0.4, -0.2) is 68.1 Å². The van der Waals surface area contributed by atoms with Crippen molar-refractivity contribution in [1.29, 1.82) is 0 Å². The molecule has 6 nitrogen and oxygen atoms in total. The lowest BCUT2D eigenvalue weighted by molar-refractivity contribution is -0.142. The van der Waals surface area contributed by atoms with Crippen LogP contribution in [0.2, 0.25) is 0 Å². The maximum Gasteiger partial charge on any atom is 0.307 e. The number of amides is 1. The molecule has 0 atom stereocenters. The van der Waals surface area contributed by atoms with Crippen LogP contribution in [0.3, 0.4) is 0 Å².